The van der Waals surface area contributed by atoms with Crippen LogP contribution in [0, 0.1) is 0 Å². The van der Waals surface area contributed by atoms with Crippen molar-refractivity contribution in [2.75, 3.05) is 13.2 Å². The van der Waals surface area contributed by atoms with Gasteiger partial charge in [-0.25, -0.2) is 0 Å². The van der Waals surface area contributed by atoms with Crippen LogP contribution in [0.3, 0.4) is 0 Å². The SMILES string of the molecule is O=C(c1ccsc1)N(CCO)C1CC1. The zero-order valence-electron chi connectivity index (χ0n) is 7.85. The van der Waals surface area contributed by atoms with Crippen molar-refractivity contribution >= 4 is 17.2 Å². The van der Waals surface area contributed by atoms with Gasteiger partial charge in [-0.3, -0.25) is 4.79 Å². The molecule has 1 aromatic heterocycles. The Morgan fingerprint density at radius 3 is 2.93 bits per heavy atom. The maximum Gasteiger partial charge on any atom is 0.255 e. The normalized spacial score (nSPS) is 15.5. The summed E-state index contributed by atoms with van der Waals surface area (Å²) in [5.74, 6) is 0.0581. The molecule has 0 radical (unpaired) electrons. The lowest BCUT2D eigenvalue weighted by molar-refractivity contribution is 0.0708. The smallest absolute Gasteiger partial charge is 0.255 e. The van der Waals surface area contributed by atoms with Crippen LogP contribution in [0.25, 0.3) is 0 Å². The quantitative estimate of drug-likeness (QED) is 0.816. The largest absolute Gasteiger partial charge is 0.395 e. The molecule has 3 nitrogen and oxygen atoms in total. The molecule has 1 heterocycles. The Kier molecular flexibility index (Phi) is 2.84. The summed E-state index contributed by atoms with van der Waals surface area (Å²) in [5.41, 5.74) is 0.746. The zero-order valence-corrected chi connectivity index (χ0v) is 8.67. The number of aliphatic hydroxyl groups is 1. The molecule has 0 atom stereocenters. The summed E-state index contributed by atoms with van der Waals surface area (Å²) >= 11 is 1.53. The Labute approximate surface area is 87.0 Å². The third-order valence-electron chi connectivity index (χ3n) is 2.36. The first kappa shape index (κ1) is 9.68. The first-order valence-electron chi connectivity index (χ1n) is 4.77. The van der Waals surface area contributed by atoms with Crippen molar-refractivity contribution in [3.63, 3.8) is 0 Å². The molecule has 1 aliphatic rings. The molecule has 1 aromatic rings. The zero-order chi connectivity index (χ0) is 9.97. The molecule has 2 rings (SSSR count). The van der Waals surface area contributed by atoms with E-state index in [0.717, 1.165) is 18.4 Å². The molecule has 1 aliphatic carbocycles. The minimum absolute atomic E-state index is 0.0480. The van der Waals surface area contributed by atoms with Crippen LogP contribution >= 0.6 is 11.3 Å². The minimum Gasteiger partial charge on any atom is -0.395 e. The van der Waals surface area contributed by atoms with Gasteiger partial charge in [-0.05, 0) is 24.3 Å². The minimum atomic E-state index is 0.0480. The molecule has 0 unspecified atom stereocenters. The summed E-state index contributed by atoms with van der Waals surface area (Å²) in [6.45, 7) is 0.506. The molecule has 0 aromatic carbocycles. The topological polar surface area (TPSA) is 40.5 Å². The fourth-order valence-corrected chi connectivity index (χ4v) is 2.13. The number of rotatable bonds is 4. The van der Waals surface area contributed by atoms with Gasteiger partial charge in [0.05, 0.1) is 12.2 Å². The van der Waals surface area contributed by atoms with Gasteiger partial charge in [-0.2, -0.15) is 11.3 Å². The number of nitrogens with zero attached hydrogens (tertiary/aromatic N) is 1. The molecule has 0 spiro atoms. The average molecular weight is 211 g/mol. The van der Waals surface area contributed by atoms with Crippen LogP contribution in [0.4, 0.5) is 0 Å². The highest BCUT2D eigenvalue weighted by molar-refractivity contribution is 7.08. The monoisotopic (exact) mass is 211 g/mol. The Morgan fingerprint density at radius 2 is 2.43 bits per heavy atom. The van der Waals surface area contributed by atoms with Crippen molar-refractivity contribution in [3.8, 4) is 0 Å². The maximum absolute atomic E-state index is 11.9. The van der Waals surface area contributed by atoms with Crippen molar-refractivity contribution < 1.29 is 9.90 Å². The summed E-state index contributed by atoms with van der Waals surface area (Å²) in [6.07, 6.45) is 2.16. The number of thiophene rings is 1. The van der Waals surface area contributed by atoms with Crippen LogP contribution in [0.15, 0.2) is 16.8 Å². The molecule has 0 saturated heterocycles. The second-order valence-corrected chi connectivity index (χ2v) is 4.25. The predicted molar refractivity (Wildman–Crippen MR) is 55.5 cm³/mol. The highest BCUT2D eigenvalue weighted by atomic mass is 32.1. The van der Waals surface area contributed by atoms with Crippen molar-refractivity contribution in [2.45, 2.75) is 18.9 Å². The van der Waals surface area contributed by atoms with Gasteiger partial charge in [-0.15, -0.1) is 0 Å². The van der Waals surface area contributed by atoms with E-state index in [1.54, 1.807) is 4.90 Å². The molecule has 4 heteroatoms. The van der Waals surface area contributed by atoms with Gasteiger partial charge in [0.15, 0.2) is 0 Å². The molecule has 0 aliphatic heterocycles. The molecular weight excluding hydrogens is 198 g/mol. The summed E-state index contributed by atoms with van der Waals surface area (Å²) in [4.78, 5) is 13.7. The van der Waals surface area contributed by atoms with E-state index in [2.05, 4.69) is 0 Å². The Morgan fingerprint density at radius 1 is 1.64 bits per heavy atom. The van der Waals surface area contributed by atoms with Gasteiger partial charge in [0.25, 0.3) is 5.91 Å². The molecule has 1 amide bonds. The van der Waals surface area contributed by atoms with Crippen LogP contribution in [-0.4, -0.2) is 35.1 Å². The number of amides is 1. The number of carbonyl (C=O) groups excluding carboxylic acids is 1. The predicted octanol–water partition coefficient (Wildman–Crippen LogP) is 1.34. The van der Waals surface area contributed by atoms with Crippen LogP contribution in [0.5, 0.6) is 0 Å². The highest BCUT2D eigenvalue weighted by Gasteiger charge is 2.32. The van der Waals surface area contributed by atoms with Crippen LogP contribution in [-0.2, 0) is 0 Å². The molecule has 1 N–H and O–H groups in total. The fourth-order valence-electron chi connectivity index (χ4n) is 1.50. The van der Waals surface area contributed by atoms with Gasteiger partial charge in [0.1, 0.15) is 0 Å². The molecule has 76 valence electrons. The lowest BCUT2D eigenvalue weighted by Gasteiger charge is -2.20. The number of carbonyl (C=O) groups is 1. The van der Waals surface area contributed by atoms with E-state index in [1.165, 1.54) is 11.3 Å². The third-order valence-corrected chi connectivity index (χ3v) is 3.04. The van der Waals surface area contributed by atoms with Crippen LogP contribution in [0.1, 0.15) is 23.2 Å². The van der Waals surface area contributed by atoms with E-state index in [0.29, 0.717) is 12.6 Å². The average Bonchev–Trinajstić information content (AvgIpc) is 2.88. The Hall–Kier alpha value is -0.870. The van der Waals surface area contributed by atoms with E-state index in [9.17, 15) is 4.79 Å². The molecule has 14 heavy (non-hydrogen) atoms. The summed E-state index contributed by atoms with van der Waals surface area (Å²) in [5, 5.41) is 12.6. The van der Waals surface area contributed by atoms with E-state index in [-0.39, 0.29) is 12.5 Å². The lowest BCUT2D eigenvalue weighted by atomic mass is 10.3. The highest BCUT2D eigenvalue weighted by Crippen LogP contribution is 2.28. The van der Waals surface area contributed by atoms with E-state index in [1.807, 2.05) is 16.8 Å². The Bertz CT molecular complexity index is 306. The van der Waals surface area contributed by atoms with Gasteiger partial charge >= 0.3 is 0 Å². The van der Waals surface area contributed by atoms with Crippen LogP contribution in [0.2, 0.25) is 0 Å². The van der Waals surface area contributed by atoms with Crippen LogP contribution < -0.4 is 0 Å². The second kappa shape index (κ2) is 4.11. The standard InChI is InChI=1S/C10H13NO2S/c12-5-4-11(9-1-2-9)10(13)8-3-6-14-7-8/h3,6-7,9,12H,1-2,4-5H2. The summed E-state index contributed by atoms with van der Waals surface area (Å²) in [6, 6.07) is 2.20. The van der Waals surface area contributed by atoms with E-state index < -0.39 is 0 Å². The van der Waals surface area contributed by atoms with Crippen molar-refractivity contribution in [3.05, 3.63) is 22.4 Å². The first-order valence-corrected chi connectivity index (χ1v) is 5.71. The van der Waals surface area contributed by atoms with E-state index >= 15 is 0 Å². The number of aliphatic hydroxyl groups excluding tert-OH is 1. The lowest BCUT2D eigenvalue weighted by Crippen LogP contribution is -2.35. The third kappa shape index (κ3) is 1.96. The summed E-state index contributed by atoms with van der Waals surface area (Å²) < 4.78 is 0. The van der Waals surface area contributed by atoms with Gasteiger partial charge in [0, 0.05) is 18.0 Å². The summed E-state index contributed by atoms with van der Waals surface area (Å²) in [7, 11) is 0. The number of hydrogen-bond acceptors (Lipinski definition) is 3. The molecule has 1 fully saturated rings. The second-order valence-electron chi connectivity index (χ2n) is 3.47. The fraction of sp³-hybridized carbons (Fsp3) is 0.500. The van der Waals surface area contributed by atoms with Gasteiger partial charge in [-0.1, -0.05) is 0 Å². The van der Waals surface area contributed by atoms with Crippen molar-refractivity contribution in [1.82, 2.24) is 4.90 Å². The van der Waals surface area contributed by atoms with E-state index in [4.69, 9.17) is 5.11 Å². The first-order chi connectivity index (χ1) is 6.83. The maximum atomic E-state index is 11.9. The Balaban J connectivity index is 2.07. The van der Waals surface area contributed by atoms with Crippen molar-refractivity contribution in [1.29, 1.82) is 0 Å². The number of hydrogen-bond donors (Lipinski definition) is 1. The van der Waals surface area contributed by atoms with Gasteiger partial charge < -0.3 is 10.0 Å². The van der Waals surface area contributed by atoms with Crippen molar-refractivity contribution in [2.24, 2.45) is 0 Å². The molecule has 0 bridgehead atoms. The molecular formula is C10H13NO2S. The molecule has 1 saturated carbocycles. The van der Waals surface area contributed by atoms with Gasteiger partial charge in [0.2, 0.25) is 0 Å².